The number of rotatable bonds is 5. The summed E-state index contributed by atoms with van der Waals surface area (Å²) in [5, 5.41) is 7.13. The van der Waals surface area contributed by atoms with Gasteiger partial charge in [-0.05, 0) is 62.1 Å². The normalized spacial score (nSPS) is 16.7. The molecule has 0 aromatic heterocycles. The molecule has 2 aromatic rings. The monoisotopic (exact) mass is 420 g/mol. The number of nitrogens with zero attached hydrogens (tertiary/aromatic N) is 2. The van der Waals surface area contributed by atoms with Crippen LogP contribution in [0.5, 0.6) is 0 Å². The van der Waals surface area contributed by atoms with E-state index in [0.717, 1.165) is 42.0 Å². The first kappa shape index (κ1) is 20.9. The summed E-state index contributed by atoms with van der Waals surface area (Å²) < 4.78 is 0. The van der Waals surface area contributed by atoms with E-state index in [4.69, 9.17) is 23.2 Å². The van der Waals surface area contributed by atoms with Gasteiger partial charge in [-0.2, -0.15) is 0 Å². The van der Waals surface area contributed by atoms with Crippen molar-refractivity contribution < 1.29 is 4.79 Å². The number of amides is 2. The Balaban J connectivity index is 1.80. The van der Waals surface area contributed by atoms with Crippen LogP contribution < -0.4 is 10.6 Å². The largest absolute Gasteiger partial charge is 0.337 e. The molecule has 150 valence electrons. The average molecular weight is 421 g/mol. The Morgan fingerprint density at radius 3 is 2.79 bits per heavy atom. The summed E-state index contributed by atoms with van der Waals surface area (Å²) in [7, 11) is 6.03. The molecule has 28 heavy (non-hydrogen) atoms. The molecule has 0 bridgehead atoms. The lowest BCUT2D eigenvalue weighted by atomic mass is 9.84. The number of hydrogen-bond acceptors (Lipinski definition) is 3. The van der Waals surface area contributed by atoms with Crippen LogP contribution >= 0.6 is 23.2 Å². The highest BCUT2D eigenvalue weighted by Crippen LogP contribution is 2.38. The van der Waals surface area contributed by atoms with Crippen molar-refractivity contribution >= 4 is 34.9 Å². The average Bonchev–Trinajstić information content (AvgIpc) is 2.61. The number of urea groups is 1. The van der Waals surface area contributed by atoms with Gasteiger partial charge >= 0.3 is 6.03 Å². The molecule has 0 saturated carbocycles. The van der Waals surface area contributed by atoms with E-state index < -0.39 is 0 Å². The molecule has 1 heterocycles. The Hall–Kier alpha value is -1.79. The topological polar surface area (TPSA) is 47.6 Å². The lowest BCUT2D eigenvalue weighted by molar-refractivity contribution is 0.250. The molecule has 1 aliphatic heterocycles. The fourth-order valence-corrected chi connectivity index (χ4v) is 4.10. The van der Waals surface area contributed by atoms with Crippen molar-refractivity contribution in [2.75, 3.05) is 46.1 Å². The van der Waals surface area contributed by atoms with Crippen molar-refractivity contribution in [1.82, 2.24) is 15.1 Å². The van der Waals surface area contributed by atoms with Crippen LogP contribution in [0.15, 0.2) is 36.4 Å². The molecular formula is C21H26Cl2N4O. The summed E-state index contributed by atoms with van der Waals surface area (Å²) in [6, 6.07) is 11.6. The van der Waals surface area contributed by atoms with Crippen molar-refractivity contribution in [2.24, 2.45) is 0 Å². The molecule has 0 radical (unpaired) electrons. The predicted molar refractivity (Wildman–Crippen MR) is 117 cm³/mol. The lowest BCUT2D eigenvalue weighted by Gasteiger charge is -2.33. The smallest absolute Gasteiger partial charge is 0.319 e. The van der Waals surface area contributed by atoms with Crippen LogP contribution in [-0.2, 0) is 6.54 Å². The quantitative estimate of drug-likeness (QED) is 0.759. The lowest BCUT2D eigenvalue weighted by Crippen LogP contribution is -2.34. The third kappa shape index (κ3) is 5.17. The van der Waals surface area contributed by atoms with E-state index in [1.165, 1.54) is 0 Å². The number of carbonyl (C=O) groups excluding carboxylic acids is 1. The van der Waals surface area contributed by atoms with Crippen molar-refractivity contribution in [1.29, 1.82) is 0 Å². The van der Waals surface area contributed by atoms with Crippen molar-refractivity contribution in [3.05, 3.63) is 63.1 Å². The standard InChI is InChI=1S/C21H26Cl2N4O/c1-26(2)8-7-24-21(28)25-16-6-4-5-14(9-16)18-12-27(3)13-19-17(18)10-15(22)11-20(19)23/h4-6,9-11,18H,7-8,12-13H2,1-3H3,(H2,24,25,28). The van der Waals surface area contributed by atoms with Gasteiger partial charge in [0.1, 0.15) is 0 Å². The molecule has 2 aromatic carbocycles. The Morgan fingerprint density at radius 1 is 1.25 bits per heavy atom. The molecule has 5 nitrogen and oxygen atoms in total. The number of fused-ring (bicyclic) bond motifs is 1. The molecule has 0 spiro atoms. The van der Waals surface area contributed by atoms with Crippen LogP contribution in [-0.4, -0.2) is 56.6 Å². The third-order valence-corrected chi connectivity index (χ3v) is 5.44. The zero-order valence-corrected chi connectivity index (χ0v) is 17.9. The minimum Gasteiger partial charge on any atom is -0.337 e. The minimum atomic E-state index is -0.203. The van der Waals surface area contributed by atoms with Crippen LogP contribution in [0.25, 0.3) is 0 Å². The highest BCUT2D eigenvalue weighted by molar-refractivity contribution is 6.35. The maximum Gasteiger partial charge on any atom is 0.319 e. The van der Waals surface area contributed by atoms with Gasteiger partial charge in [0.25, 0.3) is 0 Å². The highest BCUT2D eigenvalue weighted by atomic mass is 35.5. The summed E-state index contributed by atoms with van der Waals surface area (Å²) in [6.45, 7) is 3.05. The predicted octanol–water partition coefficient (Wildman–Crippen LogP) is 4.25. The van der Waals surface area contributed by atoms with E-state index in [1.54, 1.807) is 6.07 Å². The maximum absolute atomic E-state index is 12.1. The van der Waals surface area contributed by atoms with Crippen LogP contribution in [0.1, 0.15) is 22.6 Å². The van der Waals surface area contributed by atoms with Gasteiger partial charge in [-0.1, -0.05) is 35.3 Å². The zero-order chi connectivity index (χ0) is 20.3. The number of hydrogen-bond donors (Lipinski definition) is 2. The fourth-order valence-electron chi connectivity index (χ4n) is 3.53. The number of carbonyl (C=O) groups is 1. The molecule has 1 aliphatic rings. The molecular weight excluding hydrogens is 395 g/mol. The number of nitrogens with one attached hydrogen (secondary N) is 2. The molecule has 1 atom stereocenters. The highest BCUT2D eigenvalue weighted by Gasteiger charge is 2.27. The summed E-state index contributed by atoms with van der Waals surface area (Å²) in [4.78, 5) is 16.4. The molecule has 2 amide bonds. The van der Waals surface area contributed by atoms with Gasteiger partial charge in [-0.3, -0.25) is 0 Å². The first-order chi connectivity index (χ1) is 13.3. The van der Waals surface area contributed by atoms with E-state index in [2.05, 4.69) is 28.6 Å². The van der Waals surface area contributed by atoms with Crippen molar-refractivity contribution in [2.45, 2.75) is 12.5 Å². The SMILES string of the molecule is CN(C)CCNC(=O)Nc1cccc(C2CN(C)Cc3c(Cl)cc(Cl)cc32)c1. The maximum atomic E-state index is 12.1. The van der Waals surface area contributed by atoms with Crippen LogP contribution in [0.4, 0.5) is 10.5 Å². The first-order valence-corrected chi connectivity index (χ1v) is 10.0. The van der Waals surface area contributed by atoms with Crippen LogP contribution in [0.2, 0.25) is 10.0 Å². The van der Waals surface area contributed by atoms with E-state index in [9.17, 15) is 4.79 Å². The van der Waals surface area contributed by atoms with Crippen LogP contribution in [0, 0.1) is 0 Å². The second-order valence-corrected chi connectivity index (χ2v) is 8.36. The minimum absolute atomic E-state index is 0.142. The number of likely N-dealkylation sites (N-methyl/N-ethyl adjacent to an activating group) is 2. The summed E-state index contributed by atoms with van der Waals surface area (Å²) >= 11 is 12.7. The third-order valence-electron chi connectivity index (χ3n) is 4.88. The molecule has 0 fully saturated rings. The second kappa shape index (κ2) is 9.14. The van der Waals surface area contributed by atoms with Gasteiger partial charge in [-0.25, -0.2) is 4.79 Å². The molecule has 1 unspecified atom stereocenters. The molecule has 3 rings (SSSR count). The zero-order valence-electron chi connectivity index (χ0n) is 16.4. The number of anilines is 1. The molecule has 0 aliphatic carbocycles. The summed E-state index contributed by atoms with van der Waals surface area (Å²) in [5.74, 6) is 0.142. The Labute approximate surface area is 176 Å². The van der Waals surface area contributed by atoms with E-state index in [0.29, 0.717) is 16.6 Å². The first-order valence-electron chi connectivity index (χ1n) is 9.29. The molecule has 0 saturated heterocycles. The number of benzene rings is 2. The van der Waals surface area contributed by atoms with E-state index in [1.807, 2.05) is 43.3 Å². The Bertz CT molecular complexity index is 856. The summed E-state index contributed by atoms with van der Waals surface area (Å²) in [6.07, 6.45) is 0. The fraction of sp³-hybridized carbons (Fsp3) is 0.381. The molecule has 2 N–H and O–H groups in total. The van der Waals surface area contributed by atoms with Gasteiger partial charge in [0.15, 0.2) is 0 Å². The summed E-state index contributed by atoms with van der Waals surface area (Å²) in [5.41, 5.74) is 4.16. The van der Waals surface area contributed by atoms with Gasteiger partial charge in [-0.15, -0.1) is 0 Å². The Kier molecular flexibility index (Phi) is 6.83. The van der Waals surface area contributed by atoms with E-state index >= 15 is 0 Å². The van der Waals surface area contributed by atoms with Gasteiger partial charge in [0.05, 0.1) is 0 Å². The van der Waals surface area contributed by atoms with E-state index in [-0.39, 0.29) is 11.9 Å². The number of halogens is 2. The van der Waals surface area contributed by atoms with Gasteiger partial charge in [0.2, 0.25) is 0 Å². The molecule has 7 heteroatoms. The van der Waals surface area contributed by atoms with Crippen LogP contribution in [0.3, 0.4) is 0 Å². The Morgan fingerprint density at radius 2 is 2.04 bits per heavy atom. The van der Waals surface area contributed by atoms with Gasteiger partial charge < -0.3 is 20.4 Å². The van der Waals surface area contributed by atoms with Crippen molar-refractivity contribution in [3.63, 3.8) is 0 Å². The van der Waals surface area contributed by atoms with Crippen molar-refractivity contribution in [3.8, 4) is 0 Å². The van der Waals surface area contributed by atoms with Gasteiger partial charge in [0, 0.05) is 47.8 Å². The second-order valence-electron chi connectivity index (χ2n) is 7.51.